The van der Waals surface area contributed by atoms with Crippen LogP contribution in [0.1, 0.15) is 19.8 Å². The van der Waals surface area contributed by atoms with E-state index >= 15 is 0 Å². The van der Waals surface area contributed by atoms with E-state index < -0.39 is 0 Å². The number of hydrogen-bond donors (Lipinski definition) is 1. The van der Waals surface area contributed by atoms with Crippen LogP contribution in [0.15, 0.2) is 42.7 Å². The largest absolute Gasteiger partial charge is 0.382 e. The van der Waals surface area contributed by atoms with Crippen molar-refractivity contribution in [2.24, 2.45) is 17.8 Å². The highest BCUT2D eigenvalue weighted by Gasteiger charge is 2.38. The minimum atomic E-state index is 0.504. The molecule has 2 bridgehead atoms. The summed E-state index contributed by atoms with van der Waals surface area (Å²) < 4.78 is 0. The van der Waals surface area contributed by atoms with Crippen molar-refractivity contribution >= 4 is 16.7 Å². The number of rotatable bonds is 3. The van der Waals surface area contributed by atoms with Crippen LogP contribution in [-0.2, 0) is 0 Å². The lowest BCUT2D eigenvalue weighted by Gasteiger charge is -2.27. The molecule has 0 radical (unpaired) electrons. The predicted octanol–water partition coefficient (Wildman–Crippen LogP) is 3.64. The zero-order chi connectivity index (χ0) is 13.5. The Morgan fingerprint density at radius 1 is 1.10 bits per heavy atom. The molecule has 1 aromatic carbocycles. The molecule has 1 fully saturated rings. The van der Waals surface area contributed by atoms with Crippen molar-refractivity contribution in [1.82, 2.24) is 9.97 Å². The molecular weight excluding hydrogens is 246 g/mol. The van der Waals surface area contributed by atoms with Gasteiger partial charge in [-0.05, 0) is 55.7 Å². The summed E-state index contributed by atoms with van der Waals surface area (Å²) in [5.74, 6) is 2.38. The fourth-order valence-corrected chi connectivity index (χ4v) is 3.82. The third-order valence-corrected chi connectivity index (χ3v) is 4.84. The van der Waals surface area contributed by atoms with Crippen molar-refractivity contribution in [2.45, 2.75) is 25.8 Å². The average Bonchev–Trinajstić information content (AvgIpc) is 3.10. The van der Waals surface area contributed by atoms with Gasteiger partial charge in [0.1, 0.15) is 0 Å². The van der Waals surface area contributed by atoms with Gasteiger partial charge in [-0.2, -0.15) is 0 Å². The number of fused-ring (bicyclic) bond motifs is 3. The molecule has 2 aliphatic rings. The fraction of sp³-hybridized carbons (Fsp3) is 0.412. The van der Waals surface area contributed by atoms with E-state index in [1.807, 2.05) is 6.07 Å². The number of hydrogen-bond acceptors (Lipinski definition) is 3. The van der Waals surface area contributed by atoms with Crippen molar-refractivity contribution < 1.29 is 0 Å². The van der Waals surface area contributed by atoms with Crippen LogP contribution < -0.4 is 5.32 Å². The second-order valence-corrected chi connectivity index (χ2v) is 6.14. The van der Waals surface area contributed by atoms with Crippen molar-refractivity contribution in [3.63, 3.8) is 0 Å². The van der Waals surface area contributed by atoms with Crippen LogP contribution in [0.4, 0.5) is 5.69 Å². The minimum Gasteiger partial charge on any atom is -0.382 e. The quantitative estimate of drug-likeness (QED) is 0.861. The van der Waals surface area contributed by atoms with Gasteiger partial charge >= 0.3 is 0 Å². The van der Waals surface area contributed by atoms with Crippen LogP contribution in [0.25, 0.3) is 11.0 Å². The van der Waals surface area contributed by atoms with Crippen LogP contribution in [0, 0.1) is 17.8 Å². The molecule has 0 amide bonds. The molecule has 3 heteroatoms. The van der Waals surface area contributed by atoms with Gasteiger partial charge in [-0.15, -0.1) is 0 Å². The molecule has 1 aromatic heterocycles. The van der Waals surface area contributed by atoms with Gasteiger partial charge in [0.2, 0.25) is 0 Å². The zero-order valence-electron chi connectivity index (χ0n) is 11.7. The lowest BCUT2D eigenvalue weighted by Crippen LogP contribution is -2.28. The number of nitrogens with one attached hydrogen (secondary N) is 1. The van der Waals surface area contributed by atoms with Gasteiger partial charge in [0.05, 0.1) is 11.0 Å². The standard InChI is InChI=1S/C17H19N3/c1-11(15-9-12-2-3-13(15)8-12)20-14-4-5-16-17(10-14)19-7-6-18-16/h2-7,10-13,15,20H,8-9H2,1H3. The fourth-order valence-electron chi connectivity index (χ4n) is 3.82. The Hall–Kier alpha value is -1.90. The molecule has 102 valence electrons. The zero-order valence-corrected chi connectivity index (χ0v) is 11.7. The maximum Gasteiger partial charge on any atom is 0.0907 e. The van der Waals surface area contributed by atoms with Crippen molar-refractivity contribution in [1.29, 1.82) is 0 Å². The normalized spacial score (nSPS) is 28.9. The number of aromatic nitrogens is 2. The highest BCUT2D eigenvalue weighted by molar-refractivity contribution is 5.78. The Kier molecular flexibility index (Phi) is 2.72. The van der Waals surface area contributed by atoms with E-state index in [4.69, 9.17) is 0 Å². The summed E-state index contributed by atoms with van der Waals surface area (Å²) in [6.07, 6.45) is 11.0. The Morgan fingerprint density at radius 3 is 2.70 bits per heavy atom. The monoisotopic (exact) mass is 265 g/mol. The van der Waals surface area contributed by atoms with Crippen LogP contribution >= 0.6 is 0 Å². The molecule has 4 rings (SSSR count). The molecule has 4 atom stereocenters. The van der Waals surface area contributed by atoms with Crippen LogP contribution in [0.5, 0.6) is 0 Å². The Bertz CT molecular complexity index is 664. The maximum absolute atomic E-state index is 4.37. The SMILES string of the molecule is CC(Nc1ccc2nccnc2c1)C1CC2C=CC1C2. The maximum atomic E-state index is 4.37. The summed E-state index contributed by atoms with van der Waals surface area (Å²) in [6.45, 7) is 2.31. The topological polar surface area (TPSA) is 37.8 Å². The predicted molar refractivity (Wildman–Crippen MR) is 81.5 cm³/mol. The summed E-state index contributed by atoms with van der Waals surface area (Å²) in [5, 5.41) is 3.66. The number of anilines is 1. The molecule has 1 heterocycles. The second kappa shape index (κ2) is 4.58. The molecule has 4 unspecified atom stereocenters. The lowest BCUT2D eigenvalue weighted by atomic mass is 9.87. The molecule has 1 saturated carbocycles. The van der Waals surface area contributed by atoms with Crippen molar-refractivity contribution in [2.75, 3.05) is 5.32 Å². The van der Waals surface area contributed by atoms with E-state index in [1.165, 1.54) is 12.8 Å². The Morgan fingerprint density at radius 2 is 1.95 bits per heavy atom. The van der Waals surface area contributed by atoms with Crippen LogP contribution in [0.2, 0.25) is 0 Å². The van der Waals surface area contributed by atoms with Crippen LogP contribution in [0.3, 0.4) is 0 Å². The molecule has 0 spiro atoms. The summed E-state index contributed by atoms with van der Waals surface area (Å²) in [6, 6.07) is 6.75. The Balaban J connectivity index is 1.53. The van der Waals surface area contributed by atoms with Gasteiger partial charge in [0, 0.05) is 24.1 Å². The van der Waals surface area contributed by atoms with E-state index in [1.54, 1.807) is 12.4 Å². The highest BCUT2D eigenvalue weighted by atomic mass is 14.9. The van der Waals surface area contributed by atoms with Crippen molar-refractivity contribution in [3.05, 3.63) is 42.7 Å². The molecule has 2 aliphatic carbocycles. The summed E-state index contributed by atoms with van der Waals surface area (Å²) >= 11 is 0. The smallest absolute Gasteiger partial charge is 0.0907 e. The summed E-state index contributed by atoms with van der Waals surface area (Å²) in [7, 11) is 0. The van der Waals surface area contributed by atoms with E-state index in [0.717, 1.165) is 34.5 Å². The first-order valence-electron chi connectivity index (χ1n) is 7.45. The van der Waals surface area contributed by atoms with Gasteiger partial charge in [-0.1, -0.05) is 12.2 Å². The summed E-state index contributed by atoms with van der Waals surface area (Å²) in [5.41, 5.74) is 3.06. The van der Waals surface area contributed by atoms with Gasteiger partial charge < -0.3 is 5.32 Å². The molecular formula is C17H19N3. The molecule has 20 heavy (non-hydrogen) atoms. The second-order valence-electron chi connectivity index (χ2n) is 6.14. The first kappa shape index (κ1) is 11.9. The minimum absolute atomic E-state index is 0.504. The van der Waals surface area contributed by atoms with E-state index in [-0.39, 0.29) is 0 Å². The first-order valence-corrected chi connectivity index (χ1v) is 7.45. The molecule has 2 aromatic rings. The highest BCUT2D eigenvalue weighted by Crippen LogP contribution is 2.45. The summed E-state index contributed by atoms with van der Waals surface area (Å²) in [4.78, 5) is 8.68. The lowest BCUT2D eigenvalue weighted by molar-refractivity contribution is 0.400. The first-order chi connectivity index (χ1) is 9.79. The van der Waals surface area contributed by atoms with Gasteiger partial charge in [0.25, 0.3) is 0 Å². The van der Waals surface area contributed by atoms with Gasteiger partial charge in [0.15, 0.2) is 0 Å². The third kappa shape index (κ3) is 1.98. The number of allylic oxidation sites excluding steroid dienone is 2. The molecule has 0 saturated heterocycles. The molecule has 0 aliphatic heterocycles. The Labute approximate surface area is 119 Å². The average molecular weight is 265 g/mol. The van der Waals surface area contributed by atoms with E-state index in [9.17, 15) is 0 Å². The third-order valence-electron chi connectivity index (χ3n) is 4.84. The van der Waals surface area contributed by atoms with Crippen LogP contribution in [-0.4, -0.2) is 16.0 Å². The van der Waals surface area contributed by atoms with Crippen molar-refractivity contribution in [3.8, 4) is 0 Å². The van der Waals surface area contributed by atoms with E-state index in [0.29, 0.717) is 6.04 Å². The number of nitrogens with zero attached hydrogens (tertiary/aromatic N) is 2. The molecule has 1 N–H and O–H groups in total. The van der Waals surface area contributed by atoms with E-state index in [2.05, 4.69) is 46.5 Å². The molecule has 3 nitrogen and oxygen atoms in total. The van der Waals surface area contributed by atoms with Gasteiger partial charge in [-0.3, -0.25) is 9.97 Å². The van der Waals surface area contributed by atoms with Gasteiger partial charge in [-0.25, -0.2) is 0 Å². The number of benzene rings is 1.